The van der Waals surface area contributed by atoms with Crippen LogP contribution in [0, 0.1) is 0 Å². The van der Waals surface area contributed by atoms with Crippen LogP contribution in [-0.4, -0.2) is 40.7 Å². The standard InChI is InChI=1S/C18H18Cl2N2O5S/c1-26-17-5-3-13(28(24,25)22-12-6-7-27-10-12)9-14(17)18(23)21-16-4-2-11(19)8-15(16)20/h2-5,8-9,12,22H,6-7,10H2,1H3,(H,21,23)/t12-/m0/s1. The number of carbonyl (C=O) groups is 1. The van der Waals surface area contributed by atoms with E-state index in [0.29, 0.717) is 30.3 Å². The second kappa shape index (κ2) is 8.67. The molecule has 3 rings (SSSR count). The van der Waals surface area contributed by atoms with Gasteiger partial charge in [-0.15, -0.1) is 0 Å². The van der Waals surface area contributed by atoms with Crippen molar-refractivity contribution in [3.63, 3.8) is 0 Å². The Kier molecular flexibility index (Phi) is 6.47. The van der Waals surface area contributed by atoms with Gasteiger partial charge in [0, 0.05) is 17.7 Å². The Hall–Kier alpha value is -1.84. The Bertz CT molecular complexity index is 991. The summed E-state index contributed by atoms with van der Waals surface area (Å²) in [5.41, 5.74) is 0.395. The maximum Gasteiger partial charge on any atom is 0.259 e. The minimum Gasteiger partial charge on any atom is -0.496 e. The molecule has 2 N–H and O–H groups in total. The molecule has 28 heavy (non-hydrogen) atoms. The normalized spacial score (nSPS) is 16.8. The molecule has 1 amide bonds. The van der Waals surface area contributed by atoms with Crippen LogP contribution in [-0.2, 0) is 14.8 Å². The zero-order valence-corrected chi connectivity index (χ0v) is 17.2. The number of halogens is 2. The van der Waals surface area contributed by atoms with Gasteiger partial charge in [0.2, 0.25) is 10.0 Å². The summed E-state index contributed by atoms with van der Waals surface area (Å²) in [4.78, 5) is 12.7. The van der Waals surface area contributed by atoms with E-state index >= 15 is 0 Å². The predicted octanol–water partition coefficient (Wildman–Crippen LogP) is 3.32. The molecule has 1 saturated heterocycles. The number of sulfonamides is 1. The molecule has 0 unspecified atom stereocenters. The number of methoxy groups -OCH3 is 1. The van der Waals surface area contributed by atoms with Crippen molar-refractivity contribution in [1.29, 1.82) is 0 Å². The molecule has 0 radical (unpaired) electrons. The minimum absolute atomic E-state index is 0.0486. The highest BCUT2D eigenvalue weighted by Crippen LogP contribution is 2.28. The first-order valence-corrected chi connectivity index (χ1v) is 10.6. The van der Waals surface area contributed by atoms with Crippen LogP contribution in [0.15, 0.2) is 41.3 Å². The van der Waals surface area contributed by atoms with Crippen LogP contribution in [0.25, 0.3) is 0 Å². The van der Waals surface area contributed by atoms with Gasteiger partial charge in [0.25, 0.3) is 5.91 Å². The van der Waals surface area contributed by atoms with Gasteiger partial charge >= 0.3 is 0 Å². The highest BCUT2D eigenvalue weighted by molar-refractivity contribution is 7.89. The van der Waals surface area contributed by atoms with Crippen LogP contribution in [0.4, 0.5) is 5.69 Å². The first-order chi connectivity index (χ1) is 13.3. The quantitative estimate of drug-likeness (QED) is 0.712. The summed E-state index contributed by atoms with van der Waals surface area (Å²) in [6.45, 7) is 0.823. The number of nitrogens with one attached hydrogen (secondary N) is 2. The van der Waals surface area contributed by atoms with Crippen molar-refractivity contribution in [1.82, 2.24) is 4.72 Å². The molecule has 1 atom stereocenters. The molecule has 1 heterocycles. The highest BCUT2D eigenvalue weighted by atomic mass is 35.5. The molecule has 2 aromatic carbocycles. The van der Waals surface area contributed by atoms with E-state index in [2.05, 4.69) is 10.0 Å². The summed E-state index contributed by atoms with van der Waals surface area (Å²) in [6, 6.07) is 8.39. The molecule has 0 aliphatic carbocycles. The SMILES string of the molecule is COc1ccc(S(=O)(=O)N[C@H]2CCOC2)cc1C(=O)Nc1ccc(Cl)cc1Cl. The Labute approximate surface area is 173 Å². The maximum absolute atomic E-state index is 12.7. The first kappa shape index (κ1) is 20.9. The number of benzene rings is 2. The molecule has 1 aliphatic rings. The molecule has 150 valence electrons. The van der Waals surface area contributed by atoms with E-state index in [4.69, 9.17) is 32.7 Å². The summed E-state index contributed by atoms with van der Waals surface area (Å²) in [5, 5.41) is 3.32. The van der Waals surface area contributed by atoms with Crippen LogP contribution >= 0.6 is 23.2 Å². The Morgan fingerprint density at radius 1 is 1.21 bits per heavy atom. The lowest BCUT2D eigenvalue weighted by atomic mass is 10.2. The van der Waals surface area contributed by atoms with Gasteiger partial charge in [0.15, 0.2) is 0 Å². The number of rotatable bonds is 6. The lowest BCUT2D eigenvalue weighted by molar-refractivity contribution is 0.102. The topological polar surface area (TPSA) is 93.7 Å². The van der Waals surface area contributed by atoms with Gasteiger partial charge in [0.1, 0.15) is 5.75 Å². The molecular formula is C18H18Cl2N2O5S. The molecule has 1 fully saturated rings. The largest absolute Gasteiger partial charge is 0.496 e. The number of carbonyl (C=O) groups excluding carboxylic acids is 1. The van der Waals surface area contributed by atoms with Gasteiger partial charge in [-0.05, 0) is 42.8 Å². The Morgan fingerprint density at radius 2 is 2.00 bits per heavy atom. The molecule has 0 bridgehead atoms. The highest BCUT2D eigenvalue weighted by Gasteiger charge is 2.25. The van der Waals surface area contributed by atoms with Crippen LogP contribution in [0.3, 0.4) is 0 Å². The van der Waals surface area contributed by atoms with Crippen LogP contribution < -0.4 is 14.8 Å². The lowest BCUT2D eigenvalue weighted by Gasteiger charge is -2.14. The molecule has 0 saturated carbocycles. The van der Waals surface area contributed by atoms with Gasteiger partial charge < -0.3 is 14.8 Å². The molecule has 0 aromatic heterocycles. The number of hydrogen-bond donors (Lipinski definition) is 2. The van der Waals surface area contributed by atoms with Crippen molar-refractivity contribution in [2.45, 2.75) is 17.4 Å². The van der Waals surface area contributed by atoms with Crippen LogP contribution in [0.2, 0.25) is 10.0 Å². The van der Waals surface area contributed by atoms with E-state index in [1.807, 2.05) is 0 Å². The zero-order valence-electron chi connectivity index (χ0n) is 14.9. The third-order valence-corrected chi connectivity index (χ3v) is 6.22. The molecule has 2 aromatic rings. The van der Waals surface area contributed by atoms with E-state index in [1.54, 1.807) is 12.1 Å². The Balaban J connectivity index is 1.88. The first-order valence-electron chi connectivity index (χ1n) is 8.34. The number of amides is 1. The van der Waals surface area contributed by atoms with Crippen LogP contribution in [0.1, 0.15) is 16.8 Å². The number of ether oxygens (including phenoxy) is 2. The smallest absolute Gasteiger partial charge is 0.259 e. The predicted molar refractivity (Wildman–Crippen MR) is 107 cm³/mol. The van der Waals surface area contributed by atoms with E-state index in [9.17, 15) is 13.2 Å². The zero-order chi connectivity index (χ0) is 20.3. The maximum atomic E-state index is 12.7. The summed E-state index contributed by atoms with van der Waals surface area (Å²) >= 11 is 11.9. The van der Waals surface area contributed by atoms with Crippen molar-refractivity contribution in [3.05, 3.63) is 52.0 Å². The van der Waals surface area contributed by atoms with E-state index < -0.39 is 15.9 Å². The van der Waals surface area contributed by atoms with Crippen molar-refractivity contribution >= 4 is 44.8 Å². The van der Waals surface area contributed by atoms with Crippen molar-refractivity contribution in [2.24, 2.45) is 0 Å². The molecule has 0 spiro atoms. The van der Waals surface area contributed by atoms with Gasteiger partial charge in [-0.2, -0.15) is 0 Å². The fourth-order valence-corrected chi connectivity index (χ4v) is 4.46. The van der Waals surface area contributed by atoms with Crippen molar-refractivity contribution < 1.29 is 22.7 Å². The average Bonchev–Trinajstić information content (AvgIpc) is 3.15. The summed E-state index contributed by atoms with van der Waals surface area (Å²) in [6.07, 6.45) is 0.595. The minimum atomic E-state index is -3.82. The second-order valence-electron chi connectivity index (χ2n) is 6.12. The third kappa shape index (κ3) is 4.76. The van der Waals surface area contributed by atoms with Gasteiger partial charge in [0.05, 0.1) is 34.9 Å². The fourth-order valence-electron chi connectivity index (χ4n) is 2.73. The van der Waals surface area contributed by atoms with Gasteiger partial charge in [-0.25, -0.2) is 13.1 Å². The molecule has 7 nitrogen and oxygen atoms in total. The molecule has 1 aliphatic heterocycles. The Morgan fingerprint density at radius 3 is 2.64 bits per heavy atom. The number of hydrogen-bond acceptors (Lipinski definition) is 5. The van der Waals surface area contributed by atoms with Crippen molar-refractivity contribution in [3.8, 4) is 5.75 Å². The lowest BCUT2D eigenvalue weighted by Crippen LogP contribution is -2.35. The van der Waals surface area contributed by atoms with E-state index in [0.717, 1.165) is 0 Å². The monoisotopic (exact) mass is 444 g/mol. The third-order valence-electron chi connectivity index (χ3n) is 4.16. The summed E-state index contributed by atoms with van der Waals surface area (Å²) in [7, 11) is -2.43. The fraction of sp³-hybridized carbons (Fsp3) is 0.278. The van der Waals surface area contributed by atoms with Gasteiger partial charge in [-0.1, -0.05) is 23.2 Å². The van der Waals surface area contributed by atoms with Crippen LogP contribution in [0.5, 0.6) is 5.75 Å². The second-order valence-corrected chi connectivity index (χ2v) is 8.68. The summed E-state index contributed by atoms with van der Waals surface area (Å²) < 4.78 is 38.2. The molecular weight excluding hydrogens is 427 g/mol. The molecule has 10 heteroatoms. The van der Waals surface area contributed by atoms with E-state index in [-0.39, 0.29) is 27.3 Å². The average molecular weight is 445 g/mol. The van der Waals surface area contributed by atoms with E-state index in [1.165, 1.54) is 31.4 Å². The van der Waals surface area contributed by atoms with Crippen molar-refractivity contribution in [2.75, 3.05) is 25.6 Å². The number of anilines is 1. The van der Waals surface area contributed by atoms with Gasteiger partial charge in [-0.3, -0.25) is 4.79 Å². The summed E-state index contributed by atoms with van der Waals surface area (Å²) in [5.74, 6) is -0.340.